The van der Waals surface area contributed by atoms with Crippen LogP contribution in [0.3, 0.4) is 0 Å². The predicted octanol–water partition coefficient (Wildman–Crippen LogP) is 4.88. The van der Waals surface area contributed by atoms with Gasteiger partial charge in [0.2, 0.25) is 11.8 Å². The van der Waals surface area contributed by atoms with Crippen LogP contribution in [-0.2, 0) is 52.8 Å². The molecular weight excluding hydrogens is 853 g/mol. The van der Waals surface area contributed by atoms with Crippen LogP contribution in [0, 0.1) is 22.7 Å². The van der Waals surface area contributed by atoms with E-state index in [9.17, 15) is 34.3 Å². The SMILES string of the molecule is C=CC(=O)N1CC[C@](O)(C(=O)N(C)[C@H](C(=O)N[C@H]2Cc3cccc(c3)-c3ccc4c(c3)c(c(-c3cccnc3[C@H](C)OC)n4CC#N)CC(C)(C)COC(=O)[C@@H]3CCCN(N3)C2=O)C(C)C)C1. The Labute approximate surface area is 391 Å². The van der Waals surface area contributed by atoms with E-state index in [2.05, 4.69) is 29.5 Å². The van der Waals surface area contributed by atoms with Crippen molar-refractivity contribution in [2.75, 3.05) is 40.4 Å². The highest BCUT2D eigenvalue weighted by Gasteiger charge is 2.48. The van der Waals surface area contributed by atoms with E-state index in [0.29, 0.717) is 19.3 Å². The number of likely N-dealkylation sites (tertiary alicyclic amines) is 1. The number of aromatic nitrogens is 2. The van der Waals surface area contributed by atoms with Gasteiger partial charge in [-0.2, -0.15) is 5.26 Å². The number of hydrazine groups is 1. The van der Waals surface area contributed by atoms with Crippen LogP contribution in [0.4, 0.5) is 0 Å². The summed E-state index contributed by atoms with van der Waals surface area (Å²) in [5.41, 5.74) is 7.25. The molecule has 4 amide bonds. The molecule has 0 unspecified atom stereocenters. The number of likely N-dealkylation sites (N-methyl/N-ethyl adjacent to an activating group) is 1. The Morgan fingerprint density at radius 1 is 1.12 bits per heavy atom. The standard InChI is InChI=1S/C51H62N8O8/c1-9-42(60)57-23-19-51(65,29-57)49(64)56(7)44(31(2)3)46(61)54-40-26-33-13-10-14-34(25-33)35-17-18-41-37(27-35)38(45(58(41)24-20-52)36-15-11-21-53-43(36)32(4)66-8)28-50(5,6)30-67-48(63)39-16-12-22-59(55-39)47(40)62/h9-11,13-15,17-18,21,25,27,31-32,39-40,44,55,65H,1,12,16,19,22-24,26,28-30H2,2-8H3,(H,54,61)/t32-,39-,40-,44-,51+/m0/s1. The Kier molecular flexibility index (Phi) is 14.4. The number of hydrogen-bond acceptors (Lipinski definition) is 11. The van der Waals surface area contributed by atoms with Crippen molar-refractivity contribution in [3.05, 3.63) is 90.3 Å². The molecule has 3 aliphatic heterocycles. The molecule has 3 N–H and O–H groups in total. The van der Waals surface area contributed by atoms with E-state index in [1.165, 1.54) is 21.9 Å². The fourth-order valence-electron chi connectivity index (χ4n) is 9.82. The first-order valence-corrected chi connectivity index (χ1v) is 22.9. The maximum absolute atomic E-state index is 14.7. The Hall–Kier alpha value is -6.41. The zero-order valence-electron chi connectivity index (χ0n) is 39.5. The van der Waals surface area contributed by atoms with Gasteiger partial charge in [0, 0.05) is 68.2 Å². The van der Waals surface area contributed by atoms with Crippen molar-refractivity contribution in [3.8, 4) is 28.5 Å². The van der Waals surface area contributed by atoms with Crippen LogP contribution in [-0.4, -0.2) is 123 Å². The molecule has 2 saturated heterocycles. The summed E-state index contributed by atoms with van der Waals surface area (Å²) in [5.74, 6) is -3.17. The molecule has 0 spiro atoms. The van der Waals surface area contributed by atoms with Crippen molar-refractivity contribution < 1.29 is 38.6 Å². The molecule has 2 aromatic heterocycles. The Morgan fingerprint density at radius 3 is 2.60 bits per heavy atom. The molecule has 2 aromatic carbocycles. The first kappa shape index (κ1) is 48.5. The van der Waals surface area contributed by atoms with Crippen molar-refractivity contribution in [1.29, 1.82) is 5.26 Å². The average molecular weight is 915 g/mol. The zero-order valence-corrected chi connectivity index (χ0v) is 39.5. The highest BCUT2D eigenvalue weighted by molar-refractivity contribution is 5.97. The van der Waals surface area contributed by atoms with Gasteiger partial charge in [-0.05, 0) is 84.7 Å². The van der Waals surface area contributed by atoms with Crippen LogP contribution in [0.15, 0.2) is 73.4 Å². The first-order valence-electron chi connectivity index (χ1n) is 22.9. The largest absolute Gasteiger partial charge is 0.464 e. The summed E-state index contributed by atoms with van der Waals surface area (Å²) in [5, 5.41) is 27.0. The van der Waals surface area contributed by atoms with Gasteiger partial charge in [-0.1, -0.05) is 64.6 Å². The number of nitrogens with one attached hydrogen (secondary N) is 2. The Balaban J connectivity index is 1.31. The number of β-amino-alcohol motifs (C(OH)–C–C–N with tert-alkyl or cyclic N) is 1. The highest BCUT2D eigenvalue weighted by Crippen LogP contribution is 2.42. The fourth-order valence-corrected chi connectivity index (χ4v) is 9.82. The lowest BCUT2D eigenvalue weighted by molar-refractivity contribution is -0.156. The number of carbonyl (C=O) groups is 5. The van der Waals surface area contributed by atoms with Gasteiger partial charge < -0.3 is 34.3 Å². The number of ether oxygens (including phenoxy) is 2. The van der Waals surface area contributed by atoms with Crippen LogP contribution < -0.4 is 10.7 Å². The van der Waals surface area contributed by atoms with Crippen molar-refractivity contribution in [3.63, 3.8) is 0 Å². The number of nitriles is 1. The molecule has 4 aromatic rings. The van der Waals surface area contributed by atoms with Gasteiger partial charge in [-0.3, -0.25) is 34.0 Å². The number of amides is 4. The number of rotatable bonds is 10. The lowest BCUT2D eigenvalue weighted by Crippen LogP contribution is -2.63. The summed E-state index contributed by atoms with van der Waals surface area (Å²) in [6.45, 7) is 13.3. The van der Waals surface area contributed by atoms with Gasteiger partial charge in [0.1, 0.15) is 24.7 Å². The second-order valence-corrected chi connectivity index (χ2v) is 19.2. The van der Waals surface area contributed by atoms with E-state index in [0.717, 1.165) is 56.2 Å². The summed E-state index contributed by atoms with van der Waals surface area (Å²) >= 11 is 0. The minimum atomic E-state index is -1.92. The van der Waals surface area contributed by atoms with Gasteiger partial charge in [-0.15, -0.1) is 0 Å². The average Bonchev–Trinajstić information content (AvgIpc) is 3.86. The fraction of sp³-hybridized carbons (Fsp3) is 0.471. The predicted molar refractivity (Wildman–Crippen MR) is 251 cm³/mol. The van der Waals surface area contributed by atoms with Gasteiger partial charge in [0.15, 0.2) is 5.60 Å². The van der Waals surface area contributed by atoms with Crippen molar-refractivity contribution in [2.45, 2.75) is 103 Å². The molecule has 0 radical (unpaired) electrons. The van der Waals surface area contributed by atoms with E-state index in [-0.39, 0.29) is 51.7 Å². The molecule has 0 aliphatic carbocycles. The number of pyridine rings is 1. The van der Waals surface area contributed by atoms with Crippen LogP contribution in [0.2, 0.25) is 0 Å². The molecule has 6 bridgehead atoms. The van der Waals surface area contributed by atoms with E-state index >= 15 is 0 Å². The summed E-state index contributed by atoms with van der Waals surface area (Å²) in [7, 11) is 3.08. The number of cyclic esters (lactones) is 1. The number of carbonyl (C=O) groups excluding carboxylic acids is 5. The van der Waals surface area contributed by atoms with E-state index < -0.39 is 64.7 Å². The number of fused-ring (bicyclic) bond motifs is 6. The Bertz CT molecular complexity index is 2620. The van der Waals surface area contributed by atoms with Gasteiger partial charge in [-0.25, -0.2) is 5.43 Å². The molecule has 0 saturated carbocycles. The number of benzene rings is 2. The van der Waals surface area contributed by atoms with Crippen molar-refractivity contribution in [2.24, 2.45) is 11.3 Å². The Morgan fingerprint density at radius 2 is 1.88 bits per heavy atom. The number of nitrogens with zero attached hydrogens (tertiary/aromatic N) is 6. The second kappa shape index (κ2) is 19.8. The third-order valence-corrected chi connectivity index (χ3v) is 13.3. The number of esters is 1. The third kappa shape index (κ3) is 10.00. The summed E-state index contributed by atoms with van der Waals surface area (Å²) in [6, 6.07) is 17.0. The normalized spacial score (nSPS) is 21.8. The molecule has 16 nitrogen and oxygen atoms in total. The molecule has 354 valence electrons. The second-order valence-electron chi connectivity index (χ2n) is 19.2. The van der Waals surface area contributed by atoms with E-state index in [1.807, 2.05) is 73.9 Å². The van der Waals surface area contributed by atoms with Crippen LogP contribution in [0.5, 0.6) is 0 Å². The molecule has 5 heterocycles. The molecule has 16 heteroatoms. The zero-order chi connectivity index (χ0) is 48.4. The minimum Gasteiger partial charge on any atom is -0.464 e. The molecular formula is C51H62N8O8. The van der Waals surface area contributed by atoms with Crippen molar-refractivity contribution in [1.82, 2.24) is 35.1 Å². The number of hydrogen-bond donors (Lipinski definition) is 3. The maximum atomic E-state index is 14.7. The molecule has 3 aliphatic rings. The summed E-state index contributed by atoms with van der Waals surface area (Å²) < 4.78 is 13.9. The van der Waals surface area contributed by atoms with Gasteiger partial charge in [0.05, 0.1) is 36.7 Å². The third-order valence-electron chi connectivity index (χ3n) is 13.3. The lowest BCUT2D eigenvalue weighted by atomic mass is 9.84. The first-order chi connectivity index (χ1) is 31.9. The lowest BCUT2D eigenvalue weighted by Gasteiger charge is -2.37. The summed E-state index contributed by atoms with van der Waals surface area (Å²) in [6.07, 6.45) is 3.93. The molecule has 7 rings (SSSR count). The monoisotopic (exact) mass is 914 g/mol. The van der Waals surface area contributed by atoms with Crippen LogP contribution in [0.25, 0.3) is 33.3 Å². The molecule has 5 atom stereocenters. The number of aliphatic hydroxyl groups is 1. The van der Waals surface area contributed by atoms with Crippen molar-refractivity contribution >= 4 is 40.5 Å². The smallest absolute Gasteiger partial charge is 0.324 e. The highest BCUT2D eigenvalue weighted by atomic mass is 16.5. The summed E-state index contributed by atoms with van der Waals surface area (Å²) in [4.78, 5) is 76.7. The van der Waals surface area contributed by atoms with Crippen LogP contribution in [0.1, 0.15) is 76.8 Å². The van der Waals surface area contributed by atoms with Gasteiger partial charge >= 0.3 is 5.97 Å². The van der Waals surface area contributed by atoms with Gasteiger partial charge in [0.25, 0.3) is 11.8 Å². The quantitative estimate of drug-likeness (QED) is 0.145. The van der Waals surface area contributed by atoms with Crippen LogP contribution >= 0.6 is 0 Å². The maximum Gasteiger partial charge on any atom is 0.324 e. The van der Waals surface area contributed by atoms with E-state index in [1.54, 1.807) is 27.2 Å². The number of methoxy groups -OCH3 is 1. The minimum absolute atomic E-state index is 0.0123. The molecule has 2 fully saturated rings. The van der Waals surface area contributed by atoms with E-state index in [4.69, 9.17) is 14.5 Å². The topological polar surface area (TPSA) is 199 Å². The molecule has 67 heavy (non-hydrogen) atoms.